The fourth-order valence-electron chi connectivity index (χ4n) is 3.11. The smallest absolute Gasteiger partial charge is 0.251 e. The van der Waals surface area contributed by atoms with E-state index in [4.69, 9.17) is 0 Å². The van der Waals surface area contributed by atoms with Crippen LogP contribution in [0.3, 0.4) is 0 Å². The summed E-state index contributed by atoms with van der Waals surface area (Å²) in [7, 11) is 0. The van der Waals surface area contributed by atoms with Gasteiger partial charge < -0.3 is 5.32 Å². The summed E-state index contributed by atoms with van der Waals surface area (Å²) in [6, 6.07) is 7.93. The van der Waals surface area contributed by atoms with E-state index in [0.717, 1.165) is 16.7 Å². The molecule has 0 radical (unpaired) electrons. The standard InChI is InChI=1S/C20H17N5O4S/c26-10-12-1-3-14(4-2-12)21-19(28)8-15-7-13(11-30-15)16-9-25(24-23-16)17-5-6-18(27)22-20(17)29/h1-4,7,9-11,17H,5-6,8H2,(H,21,28)(H,22,27,29). The molecular formula is C20H17N5O4S. The number of thiophene rings is 1. The van der Waals surface area contributed by atoms with Crippen LogP contribution in [0.2, 0.25) is 0 Å². The molecule has 0 spiro atoms. The first-order chi connectivity index (χ1) is 14.5. The van der Waals surface area contributed by atoms with Gasteiger partial charge in [0.2, 0.25) is 11.8 Å². The maximum atomic E-state index is 12.3. The predicted molar refractivity (Wildman–Crippen MR) is 109 cm³/mol. The van der Waals surface area contributed by atoms with E-state index in [1.807, 2.05) is 11.4 Å². The summed E-state index contributed by atoms with van der Waals surface area (Å²) in [6.45, 7) is 0. The molecule has 0 saturated carbocycles. The van der Waals surface area contributed by atoms with E-state index in [1.54, 1.807) is 30.5 Å². The van der Waals surface area contributed by atoms with Gasteiger partial charge in [-0.1, -0.05) is 5.21 Å². The molecular weight excluding hydrogens is 406 g/mol. The number of benzene rings is 1. The number of carbonyl (C=O) groups is 4. The molecule has 1 aliphatic heterocycles. The van der Waals surface area contributed by atoms with E-state index < -0.39 is 6.04 Å². The molecule has 1 aliphatic rings. The average Bonchev–Trinajstić information content (AvgIpc) is 3.38. The minimum Gasteiger partial charge on any atom is -0.326 e. The van der Waals surface area contributed by atoms with Crippen LogP contribution in [0.4, 0.5) is 5.69 Å². The minimum atomic E-state index is -0.557. The molecule has 0 bridgehead atoms. The van der Waals surface area contributed by atoms with Crippen molar-refractivity contribution in [3.63, 3.8) is 0 Å². The highest BCUT2D eigenvalue weighted by atomic mass is 32.1. The second-order valence-electron chi connectivity index (χ2n) is 6.82. The van der Waals surface area contributed by atoms with Crippen LogP contribution in [-0.2, 0) is 20.8 Å². The molecule has 30 heavy (non-hydrogen) atoms. The Morgan fingerprint density at radius 1 is 1.30 bits per heavy atom. The van der Waals surface area contributed by atoms with Crippen LogP contribution < -0.4 is 10.6 Å². The first-order valence-corrected chi connectivity index (χ1v) is 10.1. The van der Waals surface area contributed by atoms with Crippen molar-refractivity contribution in [1.82, 2.24) is 20.3 Å². The molecule has 1 aromatic carbocycles. The van der Waals surface area contributed by atoms with Crippen molar-refractivity contribution < 1.29 is 19.2 Å². The van der Waals surface area contributed by atoms with Crippen LogP contribution in [-0.4, -0.2) is 39.0 Å². The van der Waals surface area contributed by atoms with Gasteiger partial charge in [-0.15, -0.1) is 16.4 Å². The lowest BCUT2D eigenvalue weighted by Crippen LogP contribution is -2.41. The Bertz CT molecular complexity index is 1120. The van der Waals surface area contributed by atoms with E-state index >= 15 is 0 Å². The normalized spacial score (nSPS) is 16.2. The molecule has 2 N–H and O–H groups in total. The summed E-state index contributed by atoms with van der Waals surface area (Å²) in [5, 5.41) is 15.1. The fourth-order valence-corrected chi connectivity index (χ4v) is 3.99. The number of amides is 3. The first-order valence-electron chi connectivity index (χ1n) is 9.20. The van der Waals surface area contributed by atoms with E-state index in [1.165, 1.54) is 16.0 Å². The summed E-state index contributed by atoms with van der Waals surface area (Å²) < 4.78 is 1.46. The van der Waals surface area contributed by atoms with Gasteiger partial charge in [0.05, 0.1) is 12.6 Å². The molecule has 9 nitrogen and oxygen atoms in total. The molecule has 1 fully saturated rings. The molecule has 1 saturated heterocycles. The minimum absolute atomic E-state index is 0.172. The van der Waals surface area contributed by atoms with E-state index in [-0.39, 0.29) is 30.6 Å². The van der Waals surface area contributed by atoms with Crippen molar-refractivity contribution in [3.05, 3.63) is 52.3 Å². The summed E-state index contributed by atoms with van der Waals surface area (Å²) >= 11 is 1.43. The van der Waals surface area contributed by atoms with Crippen LogP contribution in [0.25, 0.3) is 11.3 Å². The lowest BCUT2D eigenvalue weighted by molar-refractivity contribution is -0.136. The van der Waals surface area contributed by atoms with Gasteiger partial charge in [-0.2, -0.15) is 0 Å². The van der Waals surface area contributed by atoms with Crippen LogP contribution in [0.1, 0.15) is 34.1 Å². The van der Waals surface area contributed by atoms with E-state index in [9.17, 15) is 19.2 Å². The van der Waals surface area contributed by atoms with Crippen molar-refractivity contribution in [2.75, 3.05) is 5.32 Å². The van der Waals surface area contributed by atoms with Crippen molar-refractivity contribution in [3.8, 4) is 11.3 Å². The van der Waals surface area contributed by atoms with Gasteiger partial charge in [0.1, 0.15) is 18.0 Å². The van der Waals surface area contributed by atoms with Gasteiger partial charge >= 0.3 is 0 Å². The van der Waals surface area contributed by atoms with Gasteiger partial charge in [-0.25, -0.2) is 4.68 Å². The molecule has 2 aromatic heterocycles. The molecule has 3 amide bonds. The van der Waals surface area contributed by atoms with Crippen molar-refractivity contribution in [1.29, 1.82) is 0 Å². The van der Waals surface area contributed by atoms with Crippen molar-refractivity contribution in [2.45, 2.75) is 25.3 Å². The third-order valence-electron chi connectivity index (χ3n) is 4.65. The largest absolute Gasteiger partial charge is 0.326 e. The van der Waals surface area contributed by atoms with E-state index in [0.29, 0.717) is 23.4 Å². The van der Waals surface area contributed by atoms with Gasteiger partial charge in [0.15, 0.2) is 0 Å². The van der Waals surface area contributed by atoms with Crippen LogP contribution in [0.15, 0.2) is 41.9 Å². The third kappa shape index (κ3) is 4.33. The summed E-state index contributed by atoms with van der Waals surface area (Å²) in [4.78, 5) is 47.1. The van der Waals surface area contributed by atoms with Gasteiger partial charge in [0, 0.05) is 33.5 Å². The number of anilines is 1. The van der Waals surface area contributed by atoms with Gasteiger partial charge in [-0.3, -0.25) is 24.5 Å². The zero-order valence-electron chi connectivity index (χ0n) is 15.7. The number of hydrogen-bond donors (Lipinski definition) is 2. The number of piperidine rings is 1. The Kier molecular flexibility index (Phi) is 5.48. The quantitative estimate of drug-likeness (QED) is 0.462. The Hall–Kier alpha value is -3.66. The van der Waals surface area contributed by atoms with Crippen LogP contribution in [0.5, 0.6) is 0 Å². The molecule has 4 rings (SSSR count). The molecule has 3 aromatic rings. The molecule has 10 heteroatoms. The van der Waals surface area contributed by atoms with Crippen molar-refractivity contribution in [2.24, 2.45) is 0 Å². The SMILES string of the molecule is O=Cc1ccc(NC(=O)Cc2cc(-c3cn(C4CCC(=O)NC4=O)nn3)cs2)cc1. The lowest BCUT2D eigenvalue weighted by atomic mass is 10.1. The second kappa shape index (κ2) is 8.37. The Labute approximate surface area is 175 Å². The molecule has 1 unspecified atom stereocenters. The predicted octanol–water partition coefficient (Wildman–Crippen LogP) is 1.98. The summed E-state index contributed by atoms with van der Waals surface area (Å²) in [5.74, 6) is -0.835. The average molecular weight is 423 g/mol. The molecule has 0 aliphatic carbocycles. The number of hydrogen-bond acceptors (Lipinski definition) is 7. The van der Waals surface area contributed by atoms with Gasteiger partial charge in [0.25, 0.3) is 5.91 Å². The first kappa shape index (κ1) is 19.6. The zero-order valence-corrected chi connectivity index (χ0v) is 16.5. The topological polar surface area (TPSA) is 123 Å². The molecule has 1 atom stereocenters. The Balaban J connectivity index is 1.39. The number of rotatable bonds is 6. The molecule has 152 valence electrons. The fraction of sp³-hybridized carbons (Fsp3) is 0.200. The van der Waals surface area contributed by atoms with Crippen molar-refractivity contribution >= 4 is 41.0 Å². The summed E-state index contributed by atoms with van der Waals surface area (Å²) in [5.41, 5.74) is 2.56. The number of aromatic nitrogens is 3. The monoisotopic (exact) mass is 423 g/mol. The van der Waals surface area contributed by atoms with E-state index in [2.05, 4.69) is 20.9 Å². The Morgan fingerprint density at radius 2 is 2.10 bits per heavy atom. The highest BCUT2D eigenvalue weighted by molar-refractivity contribution is 7.10. The summed E-state index contributed by atoms with van der Waals surface area (Å²) in [6.07, 6.45) is 3.26. The molecule has 3 heterocycles. The number of aldehydes is 1. The number of nitrogens with one attached hydrogen (secondary N) is 2. The maximum absolute atomic E-state index is 12.3. The van der Waals surface area contributed by atoms with Gasteiger partial charge in [-0.05, 0) is 36.8 Å². The van der Waals surface area contributed by atoms with Crippen LogP contribution in [0, 0.1) is 0 Å². The maximum Gasteiger partial charge on any atom is 0.251 e. The number of nitrogens with zero attached hydrogens (tertiary/aromatic N) is 3. The number of carbonyl (C=O) groups excluding carboxylic acids is 4. The van der Waals surface area contributed by atoms with Crippen LogP contribution >= 0.6 is 11.3 Å². The highest BCUT2D eigenvalue weighted by Gasteiger charge is 2.29. The zero-order chi connectivity index (χ0) is 21.1. The Morgan fingerprint density at radius 3 is 2.83 bits per heavy atom. The third-order valence-corrected chi connectivity index (χ3v) is 5.59. The second-order valence-corrected chi connectivity index (χ2v) is 7.81. The highest BCUT2D eigenvalue weighted by Crippen LogP contribution is 2.26. The lowest BCUT2D eigenvalue weighted by Gasteiger charge is -2.20. The number of imide groups is 1.